The third-order valence-electron chi connectivity index (χ3n) is 5.48. The lowest BCUT2D eigenvalue weighted by Crippen LogP contribution is -2.36. The van der Waals surface area contributed by atoms with Crippen LogP contribution in [0.3, 0.4) is 0 Å². The normalized spacial score (nSPS) is 14.6. The van der Waals surface area contributed by atoms with Gasteiger partial charge in [-0.15, -0.1) is 10.2 Å². The number of rotatable bonds is 9. The second-order valence-electron chi connectivity index (χ2n) is 8.07. The molecule has 1 aromatic heterocycles. The predicted octanol–water partition coefficient (Wildman–Crippen LogP) is 6.05. The van der Waals surface area contributed by atoms with Gasteiger partial charge in [-0.2, -0.15) is 4.98 Å². The summed E-state index contributed by atoms with van der Waals surface area (Å²) in [5.74, 6) is 1.80. The molecule has 1 atom stereocenters. The molecule has 0 aliphatic carbocycles. The number of para-hydroxylation sites is 2. The van der Waals surface area contributed by atoms with Crippen molar-refractivity contribution in [3.63, 3.8) is 0 Å². The molecule has 8 heteroatoms. The summed E-state index contributed by atoms with van der Waals surface area (Å²) in [7, 11) is 0. The number of thioether (sulfide) groups is 1. The molecule has 178 valence electrons. The maximum absolute atomic E-state index is 13.0. The molecule has 1 aliphatic rings. The zero-order valence-electron chi connectivity index (χ0n) is 19.9. The molecule has 0 saturated carbocycles. The maximum Gasteiger partial charge on any atom is 0.247 e. The molecule has 4 rings (SSSR count). The first-order valence-electron chi connectivity index (χ1n) is 11.8. The fourth-order valence-corrected chi connectivity index (χ4v) is 4.64. The zero-order chi connectivity index (χ0) is 23.9. The third-order valence-corrected chi connectivity index (χ3v) is 6.40. The smallest absolute Gasteiger partial charge is 0.247 e. The molecule has 0 radical (unpaired) electrons. The van der Waals surface area contributed by atoms with E-state index in [0.29, 0.717) is 34.8 Å². The van der Waals surface area contributed by atoms with Gasteiger partial charge in [-0.05, 0) is 31.0 Å². The summed E-state index contributed by atoms with van der Waals surface area (Å²) < 4.78 is 12.5. The number of hydrogen-bond acceptors (Lipinski definition) is 7. The van der Waals surface area contributed by atoms with Gasteiger partial charge in [0.15, 0.2) is 5.69 Å². The Kier molecular flexibility index (Phi) is 8.00. The van der Waals surface area contributed by atoms with Crippen molar-refractivity contribution in [2.75, 3.05) is 17.3 Å². The first-order valence-corrected chi connectivity index (χ1v) is 12.8. The Balaban J connectivity index is 1.81. The number of aromatic nitrogens is 3. The Bertz CT molecular complexity index is 1140. The fraction of sp³-hybridized carbons (Fsp3) is 0.385. The molecule has 0 saturated heterocycles. The van der Waals surface area contributed by atoms with Crippen molar-refractivity contribution in [2.24, 2.45) is 0 Å². The van der Waals surface area contributed by atoms with Gasteiger partial charge in [-0.25, -0.2) is 0 Å². The molecule has 0 spiro atoms. The van der Waals surface area contributed by atoms with Crippen molar-refractivity contribution in [1.29, 1.82) is 0 Å². The molecule has 2 heterocycles. The predicted molar refractivity (Wildman–Crippen MR) is 134 cm³/mol. The van der Waals surface area contributed by atoms with Crippen LogP contribution in [0, 0.1) is 0 Å². The number of hydrogen-bond donors (Lipinski definition) is 0. The Morgan fingerprint density at radius 1 is 1.06 bits per heavy atom. The van der Waals surface area contributed by atoms with Gasteiger partial charge in [-0.1, -0.05) is 68.8 Å². The number of anilines is 1. The van der Waals surface area contributed by atoms with Gasteiger partial charge in [0, 0.05) is 18.2 Å². The van der Waals surface area contributed by atoms with Crippen molar-refractivity contribution in [3.8, 4) is 22.9 Å². The minimum absolute atomic E-state index is 0.155. The first kappa shape index (κ1) is 24.0. The van der Waals surface area contributed by atoms with Gasteiger partial charge in [0.1, 0.15) is 5.75 Å². The van der Waals surface area contributed by atoms with E-state index >= 15 is 0 Å². The molecule has 2 aromatic carbocycles. The Morgan fingerprint density at radius 2 is 1.85 bits per heavy atom. The van der Waals surface area contributed by atoms with Gasteiger partial charge in [0.2, 0.25) is 23.2 Å². The van der Waals surface area contributed by atoms with Crippen LogP contribution in [0.25, 0.3) is 11.3 Å². The van der Waals surface area contributed by atoms with E-state index < -0.39 is 6.23 Å². The number of amides is 1. The summed E-state index contributed by atoms with van der Waals surface area (Å²) in [6.45, 7) is 6.34. The fourth-order valence-electron chi connectivity index (χ4n) is 3.86. The van der Waals surface area contributed by atoms with Crippen molar-refractivity contribution in [2.45, 2.75) is 57.8 Å². The van der Waals surface area contributed by atoms with E-state index in [1.54, 1.807) is 16.7 Å². The Morgan fingerprint density at radius 3 is 2.65 bits per heavy atom. The van der Waals surface area contributed by atoms with E-state index in [2.05, 4.69) is 24.0 Å². The summed E-state index contributed by atoms with van der Waals surface area (Å²) in [6.07, 6.45) is 3.53. The Labute approximate surface area is 204 Å². The maximum atomic E-state index is 13.0. The van der Waals surface area contributed by atoms with Crippen molar-refractivity contribution in [1.82, 2.24) is 15.2 Å². The minimum atomic E-state index is -0.761. The van der Waals surface area contributed by atoms with Crippen LogP contribution in [-0.2, 0) is 4.79 Å². The molecule has 1 aliphatic heterocycles. The van der Waals surface area contributed by atoms with Crippen LogP contribution in [0.15, 0.2) is 53.7 Å². The lowest BCUT2D eigenvalue weighted by atomic mass is 10.1. The summed E-state index contributed by atoms with van der Waals surface area (Å²) in [5.41, 5.74) is 2.73. The van der Waals surface area contributed by atoms with Crippen LogP contribution >= 0.6 is 11.8 Å². The SMILES string of the molecule is CCCCCSc1nnc2c(n1)O[C@H](c1ccccc1OCCC)N(C(C)=O)c1ccccc1-2. The summed E-state index contributed by atoms with van der Waals surface area (Å²) in [6, 6.07) is 15.3. The molecule has 0 bridgehead atoms. The van der Waals surface area contributed by atoms with E-state index in [0.717, 1.165) is 36.1 Å². The largest absolute Gasteiger partial charge is 0.493 e. The second kappa shape index (κ2) is 11.3. The standard InChI is InChI=1S/C26H30N4O3S/c1-4-6-11-17-34-26-27-24-23(28-29-26)19-12-7-9-14-21(19)30(18(3)31)25(33-24)20-13-8-10-15-22(20)32-16-5-2/h7-10,12-15,25H,4-6,11,16-17H2,1-3H3/t25-/m1/s1. The van der Waals surface area contributed by atoms with Crippen LogP contribution in [0.5, 0.6) is 11.6 Å². The molecule has 0 N–H and O–H groups in total. The molecular formula is C26H30N4O3S. The number of fused-ring (bicyclic) bond motifs is 3. The summed E-state index contributed by atoms with van der Waals surface area (Å²) in [4.78, 5) is 19.3. The third kappa shape index (κ3) is 5.17. The molecule has 3 aromatic rings. The van der Waals surface area contributed by atoms with Crippen LogP contribution in [0.4, 0.5) is 5.69 Å². The molecule has 34 heavy (non-hydrogen) atoms. The number of carbonyl (C=O) groups excluding carboxylic acids is 1. The quantitative estimate of drug-likeness (QED) is 0.273. The minimum Gasteiger partial charge on any atom is -0.493 e. The first-order chi connectivity index (χ1) is 16.6. The van der Waals surface area contributed by atoms with Gasteiger partial charge in [0.25, 0.3) is 0 Å². The number of unbranched alkanes of at least 4 members (excludes halogenated alkanes) is 2. The highest BCUT2D eigenvalue weighted by atomic mass is 32.2. The highest BCUT2D eigenvalue weighted by Gasteiger charge is 2.36. The van der Waals surface area contributed by atoms with Gasteiger partial charge >= 0.3 is 0 Å². The van der Waals surface area contributed by atoms with E-state index in [4.69, 9.17) is 14.5 Å². The summed E-state index contributed by atoms with van der Waals surface area (Å²) in [5, 5.41) is 9.40. The van der Waals surface area contributed by atoms with E-state index in [1.165, 1.54) is 13.3 Å². The average molecular weight is 479 g/mol. The molecule has 1 amide bonds. The number of nitrogens with zero attached hydrogens (tertiary/aromatic N) is 4. The van der Waals surface area contributed by atoms with Gasteiger partial charge in [-0.3, -0.25) is 9.69 Å². The van der Waals surface area contributed by atoms with Crippen LogP contribution in [-0.4, -0.2) is 33.4 Å². The van der Waals surface area contributed by atoms with E-state index in [9.17, 15) is 4.79 Å². The highest BCUT2D eigenvalue weighted by Crippen LogP contribution is 2.44. The molecule has 0 unspecified atom stereocenters. The van der Waals surface area contributed by atoms with Crippen LogP contribution in [0.1, 0.15) is 58.2 Å². The topological polar surface area (TPSA) is 77.4 Å². The monoisotopic (exact) mass is 478 g/mol. The van der Waals surface area contributed by atoms with Crippen LogP contribution < -0.4 is 14.4 Å². The van der Waals surface area contributed by atoms with E-state index in [1.807, 2.05) is 48.5 Å². The second-order valence-corrected chi connectivity index (χ2v) is 9.13. The van der Waals surface area contributed by atoms with Crippen LogP contribution in [0.2, 0.25) is 0 Å². The average Bonchev–Trinajstić information content (AvgIpc) is 3.00. The zero-order valence-corrected chi connectivity index (χ0v) is 20.7. The van der Waals surface area contributed by atoms with Gasteiger partial charge < -0.3 is 9.47 Å². The lowest BCUT2D eigenvalue weighted by Gasteiger charge is -2.30. The number of carbonyl (C=O) groups is 1. The van der Waals surface area contributed by atoms with Crippen molar-refractivity contribution < 1.29 is 14.3 Å². The van der Waals surface area contributed by atoms with Crippen molar-refractivity contribution >= 4 is 23.4 Å². The van der Waals surface area contributed by atoms with E-state index in [-0.39, 0.29) is 5.91 Å². The van der Waals surface area contributed by atoms with Crippen molar-refractivity contribution in [3.05, 3.63) is 54.1 Å². The number of ether oxygens (including phenoxy) is 2. The lowest BCUT2D eigenvalue weighted by molar-refractivity contribution is -0.118. The summed E-state index contributed by atoms with van der Waals surface area (Å²) >= 11 is 1.57. The highest BCUT2D eigenvalue weighted by molar-refractivity contribution is 7.99. The number of benzene rings is 2. The molecular weight excluding hydrogens is 448 g/mol. The Hall–Kier alpha value is -3.13. The van der Waals surface area contributed by atoms with Gasteiger partial charge in [0.05, 0.1) is 17.9 Å². The molecule has 7 nitrogen and oxygen atoms in total. The molecule has 0 fully saturated rings.